The lowest BCUT2D eigenvalue weighted by molar-refractivity contribution is -0.384. The highest BCUT2D eigenvalue weighted by molar-refractivity contribution is 7.85. The topological polar surface area (TPSA) is 124 Å². The Morgan fingerprint density at radius 2 is 1.89 bits per heavy atom. The Bertz CT molecular complexity index is 1180. The number of benzene rings is 2. The largest absolute Gasteiger partial charge is 0.460 e. The first-order valence-corrected chi connectivity index (χ1v) is 10.9. The van der Waals surface area contributed by atoms with Gasteiger partial charge in [0.05, 0.1) is 22.7 Å². The molecule has 0 atom stereocenters. The quantitative estimate of drug-likeness (QED) is 0.0883. The summed E-state index contributed by atoms with van der Waals surface area (Å²) < 4.78 is 10.0. The summed E-state index contributed by atoms with van der Waals surface area (Å²) in [5, 5.41) is 21.8. The first-order chi connectivity index (χ1) is 16.8. The highest BCUT2D eigenvalue weighted by atomic mass is 32.1. The van der Waals surface area contributed by atoms with E-state index in [2.05, 4.69) is 40.6 Å². The zero-order valence-electron chi connectivity index (χ0n) is 19.3. The van der Waals surface area contributed by atoms with Crippen molar-refractivity contribution >= 4 is 47.3 Å². The summed E-state index contributed by atoms with van der Waals surface area (Å²) in [5.41, 5.74) is 1.30. The van der Waals surface area contributed by atoms with Crippen LogP contribution in [0.5, 0.6) is 0 Å². The maximum atomic E-state index is 12.0. The van der Waals surface area contributed by atoms with Gasteiger partial charge >= 0.3 is 11.9 Å². The predicted octanol–water partition coefficient (Wildman–Crippen LogP) is 5.00. The average molecular weight is 497 g/mol. The molecule has 0 unspecified atom stereocenters. The van der Waals surface area contributed by atoms with Crippen LogP contribution >= 0.6 is 12.6 Å². The van der Waals surface area contributed by atoms with Crippen molar-refractivity contribution in [1.82, 2.24) is 0 Å². The lowest BCUT2D eigenvalue weighted by atomic mass is 10.2. The minimum atomic E-state index is -0.752. The van der Waals surface area contributed by atoms with Gasteiger partial charge in [-0.15, -0.1) is 5.11 Å². The monoisotopic (exact) mass is 496 g/mol. The molecule has 0 radical (unpaired) electrons. The molecule has 0 saturated heterocycles. The normalized spacial score (nSPS) is 10.3. The highest BCUT2D eigenvalue weighted by Crippen LogP contribution is 2.30. The van der Waals surface area contributed by atoms with Crippen molar-refractivity contribution in [2.75, 3.05) is 31.2 Å². The Labute approximate surface area is 208 Å². The van der Waals surface area contributed by atoms with E-state index >= 15 is 0 Å². The van der Waals surface area contributed by atoms with Gasteiger partial charge in [0.1, 0.15) is 6.61 Å². The van der Waals surface area contributed by atoms with Crippen LogP contribution in [0, 0.1) is 21.3 Å². The summed E-state index contributed by atoms with van der Waals surface area (Å²) in [6.07, 6.45) is 0. The number of nitrogens with zero attached hydrogens (tertiary/aromatic N) is 4. The molecule has 0 heterocycles. The Hall–Kier alpha value is -4.17. The van der Waals surface area contributed by atoms with Crippen molar-refractivity contribution in [3.8, 4) is 11.2 Å². The molecule has 35 heavy (non-hydrogen) atoms. The number of ether oxygens (including phenoxy) is 2. The van der Waals surface area contributed by atoms with Gasteiger partial charge in [-0.1, -0.05) is 25.1 Å². The van der Waals surface area contributed by atoms with Crippen LogP contribution in [0.25, 0.3) is 0 Å². The fraction of sp³-hybridized carbons (Fsp3) is 0.250. The van der Waals surface area contributed by atoms with Crippen molar-refractivity contribution in [2.45, 2.75) is 13.8 Å². The molecule has 10 nitrogen and oxygen atoms in total. The zero-order valence-corrected chi connectivity index (χ0v) is 20.2. The third-order valence-corrected chi connectivity index (χ3v) is 4.73. The van der Waals surface area contributed by atoms with E-state index in [4.69, 9.17) is 9.47 Å². The van der Waals surface area contributed by atoms with Gasteiger partial charge < -0.3 is 14.4 Å². The van der Waals surface area contributed by atoms with Gasteiger partial charge in [-0.3, -0.25) is 10.1 Å². The molecule has 182 valence electrons. The molecule has 0 bridgehead atoms. The van der Waals surface area contributed by atoms with Gasteiger partial charge in [0.15, 0.2) is 12.3 Å². The molecule has 0 aliphatic rings. The zero-order chi connectivity index (χ0) is 25.8. The van der Waals surface area contributed by atoms with Crippen LogP contribution in [0.15, 0.2) is 64.8 Å². The lowest BCUT2D eigenvalue weighted by Gasteiger charge is -2.22. The van der Waals surface area contributed by atoms with Crippen LogP contribution in [-0.4, -0.2) is 43.2 Å². The molecule has 0 aromatic heterocycles. The Morgan fingerprint density at radius 1 is 1.17 bits per heavy atom. The summed E-state index contributed by atoms with van der Waals surface area (Å²) in [6, 6.07) is 10.8. The van der Waals surface area contributed by atoms with Crippen LogP contribution in [0.2, 0.25) is 0 Å². The fourth-order valence-electron chi connectivity index (χ4n) is 2.78. The molecule has 0 aliphatic carbocycles. The lowest BCUT2D eigenvalue weighted by Crippen LogP contribution is -2.28. The third kappa shape index (κ3) is 8.28. The molecule has 2 aromatic carbocycles. The van der Waals surface area contributed by atoms with Crippen molar-refractivity contribution in [1.29, 1.82) is 0 Å². The maximum absolute atomic E-state index is 12.0. The summed E-state index contributed by atoms with van der Waals surface area (Å²) in [6.45, 7) is 8.34. The summed E-state index contributed by atoms with van der Waals surface area (Å²) >= 11 is 3.68. The van der Waals surface area contributed by atoms with Gasteiger partial charge in [0.2, 0.25) is 0 Å². The molecule has 0 saturated carbocycles. The van der Waals surface area contributed by atoms with E-state index in [0.717, 1.165) is 11.8 Å². The Morgan fingerprint density at radius 3 is 2.49 bits per heavy atom. The van der Waals surface area contributed by atoms with E-state index in [-0.39, 0.29) is 30.2 Å². The molecule has 0 N–H and O–H groups in total. The van der Waals surface area contributed by atoms with E-state index in [1.807, 2.05) is 24.0 Å². The molecule has 0 aliphatic heterocycles. The van der Waals surface area contributed by atoms with Gasteiger partial charge in [-0.2, -0.15) is 5.11 Å². The number of nitro benzene ring substituents is 1. The molecule has 2 rings (SSSR count). The third-order valence-electron chi connectivity index (χ3n) is 4.57. The average Bonchev–Trinajstić information content (AvgIpc) is 2.85. The molecule has 0 fully saturated rings. The van der Waals surface area contributed by atoms with E-state index in [1.165, 1.54) is 12.1 Å². The van der Waals surface area contributed by atoms with Crippen LogP contribution in [0.3, 0.4) is 0 Å². The molecule has 0 amide bonds. The highest BCUT2D eigenvalue weighted by Gasteiger charge is 2.18. The van der Waals surface area contributed by atoms with Gasteiger partial charge in [-0.05, 0) is 55.5 Å². The van der Waals surface area contributed by atoms with Crippen LogP contribution in [0.1, 0.15) is 24.2 Å². The van der Waals surface area contributed by atoms with Crippen LogP contribution in [0.4, 0.5) is 22.7 Å². The maximum Gasteiger partial charge on any atom is 0.339 e. The Balaban J connectivity index is 2.10. The summed E-state index contributed by atoms with van der Waals surface area (Å²) in [4.78, 5) is 36.3. The van der Waals surface area contributed by atoms with Gasteiger partial charge in [-0.25, -0.2) is 9.59 Å². The van der Waals surface area contributed by atoms with E-state index in [9.17, 15) is 19.7 Å². The number of esters is 2. The van der Waals surface area contributed by atoms with E-state index < -0.39 is 16.9 Å². The Kier molecular flexibility index (Phi) is 10.5. The predicted molar refractivity (Wildman–Crippen MR) is 134 cm³/mol. The SMILES string of the molecule is C=C(C)C(=O)OCCN(CC)c1ccc(N=Nc2ccc(C(=O)OCC#CS)cc2[N+](=O)[O-])cc1. The van der Waals surface area contributed by atoms with Crippen molar-refractivity contribution in [3.05, 3.63) is 70.3 Å². The smallest absolute Gasteiger partial charge is 0.339 e. The molecule has 11 heteroatoms. The number of anilines is 1. The molecule has 0 spiro atoms. The molecule has 2 aromatic rings. The van der Waals surface area contributed by atoms with Crippen molar-refractivity contribution in [3.63, 3.8) is 0 Å². The number of nitro groups is 1. The van der Waals surface area contributed by atoms with Crippen LogP contribution < -0.4 is 4.90 Å². The van der Waals surface area contributed by atoms with Gasteiger partial charge in [0, 0.05) is 23.9 Å². The standard InChI is InChI=1S/C24H24N4O6S/c1-4-27(12-14-34-23(29)17(2)3)20-9-7-19(8-10-20)25-26-21-11-6-18(16-22(21)28(31)32)24(30)33-13-5-15-35/h6-11,16,35H,2,4,12-14H2,1,3H3. The number of thiol groups is 1. The number of carbonyl (C=O) groups excluding carboxylic acids is 2. The summed E-state index contributed by atoms with van der Waals surface area (Å²) in [5.74, 6) is 1.26. The minimum Gasteiger partial charge on any atom is -0.460 e. The number of azo groups is 1. The second kappa shape index (κ2) is 13.5. The number of hydrogen-bond acceptors (Lipinski definition) is 10. The van der Waals surface area contributed by atoms with E-state index in [0.29, 0.717) is 24.4 Å². The van der Waals surface area contributed by atoms with Gasteiger partial charge in [0.25, 0.3) is 5.69 Å². The molecular formula is C24H24N4O6S. The minimum absolute atomic E-state index is 0.00504. The van der Waals surface area contributed by atoms with Crippen molar-refractivity contribution in [2.24, 2.45) is 10.2 Å². The first-order valence-electron chi connectivity index (χ1n) is 10.4. The van der Waals surface area contributed by atoms with E-state index in [1.54, 1.807) is 19.1 Å². The number of hydrogen-bond donors (Lipinski definition) is 1. The number of carbonyl (C=O) groups is 2. The number of rotatable bonds is 11. The fourth-order valence-corrected chi connectivity index (χ4v) is 2.85. The van der Waals surface area contributed by atoms with Crippen LogP contribution in [-0.2, 0) is 14.3 Å². The first kappa shape index (κ1) is 27.1. The van der Waals surface area contributed by atoms with Crippen molar-refractivity contribution < 1.29 is 24.0 Å². The summed E-state index contributed by atoms with van der Waals surface area (Å²) in [7, 11) is 0. The number of likely N-dealkylation sites (N-methyl/N-ethyl adjacent to an activating group) is 1. The second-order valence-corrected chi connectivity index (χ2v) is 7.26. The molecular weight excluding hydrogens is 472 g/mol. The second-order valence-electron chi connectivity index (χ2n) is 7.04.